The molecule has 3 aromatic rings. The number of ether oxygens (including phenoxy) is 1. The average molecular weight is 640 g/mol. The molecule has 3 aromatic carbocycles. The van der Waals surface area contributed by atoms with Gasteiger partial charge in [-0.05, 0) is 73.7 Å². The highest BCUT2D eigenvalue weighted by atomic mass is 35.5. The van der Waals surface area contributed by atoms with E-state index >= 15 is 0 Å². The summed E-state index contributed by atoms with van der Waals surface area (Å²) in [6.07, 6.45) is 6.14. The van der Waals surface area contributed by atoms with Crippen LogP contribution in [0.15, 0.2) is 95.9 Å². The van der Waals surface area contributed by atoms with Crippen LogP contribution in [0.2, 0.25) is 0 Å². The number of amides is 1. The molecule has 44 heavy (non-hydrogen) atoms. The minimum absolute atomic E-state index is 0. The molecular weight excluding hydrogens is 594 g/mol. The van der Waals surface area contributed by atoms with Gasteiger partial charge in [0, 0.05) is 39.3 Å². The van der Waals surface area contributed by atoms with Crippen LogP contribution >= 0.6 is 12.4 Å². The molecule has 1 atom stereocenters. The first-order valence-electron chi connectivity index (χ1n) is 15.7. The third kappa shape index (κ3) is 9.07. The number of hydrogen-bond acceptors (Lipinski definition) is 5. The zero-order valence-corrected chi connectivity index (χ0v) is 27.3. The van der Waals surface area contributed by atoms with Crippen molar-refractivity contribution in [1.82, 2.24) is 14.1 Å². The molecule has 1 saturated carbocycles. The number of piperidine rings is 1. The van der Waals surface area contributed by atoms with Gasteiger partial charge in [0.2, 0.25) is 10.0 Å². The molecule has 0 N–H and O–H groups in total. The third-order valence-electron chi connectivity index (χ3n) is 9.11. The minimum atomic E-state index is -3.57. The highest BCUT2D eigenvalue weighted by Gasteiger charge is 2.33. The number of nitrogens with zero attached hydrogens (tertiary/aromatic N) is 3. The second-order valence-electron chi connectivity index (χ2n) is 12.1. The van der Waals surface area contributed by atoms with E-state index in [1.165, 1.54) is 23.6 Å². The third-order valence-corrected chi connectivity index (χ3v) is 10.9. The standard InChI is InChI=1S/C35H45N3O4S.ClH/c1-36(43(40,41)34-18-9-4-10-19-34)27-32(31-16-7-3-8-17-31)20-23-37-24-21-33(22-25-37)38(26-29-14-11-15-29)35(39)42-28-30-12-5-2-6-13-30;/h2-10,12-13,16-19,29,32-33H,11,14-15,20-28H2,1H3;1H/t32-;/m0./s1. The largest absolute Gasteiger partial charge is 0.445 e. The van der Waals surface area contributed by atoms with Crippen molar-refractivity contribution in [3.63, 3.8) is 0 Å². The lowest BCUT2D eigenvalue weighted by Gasteiger charge is -2.41. The van der Waals surface area contributed by atoms with Crippen LogP contribution < -0.4 is 0 Å². The van der Waals surface area contributed by atoms with Crippen molar-refractivity contribution >= 4 is 28.5 Å². The monoisotopic (exact) mass is 639 g/mol. The van der Waals surface area contributed by atoms with Crippen molar-refractivity contribution in [2.75, 3.05) is 39.8 Å². The number of rotatable bonds is 13. The zero-order valence-electron chi connectivity index (χ0n) is 25.7. The molecule has 0 bridgehead atoms. The lowest BCUT2D eigenvalue weighted by Crippen LogP contribution is -2.50. The number of sulfonamides is 1. The number of benzene rings is 3. The molecule has 7 nitrogen and oxygen atoms in total. The summed E-state index contributed by atoms with van der Waals surface area (Å²) in [4.78, 5) is 18.1. The van der Waals surface area contributed by atoms with Crippen LogP contribution in [-0.2, 0) is 21.4 Å². The van der Waals surface area contributed by atoms with Crippen molar-refractivity contribution in [1.29, 1.82) is 0 Å². The maximum absolute atomic E-state index is 13.3. The fourth-order valence-corrected chi connectivity index (χ4v) is 7.43. The summed E-state index contributed by atoms with van der Waals surface area (Å²) in [6.45, 7) is 4.22. The van der Waals surface area contributed by atoms with Crippen LogP contribution in [0.25, 0.3) is 0 Å². The zero-order chi connectivity index (χ0) is 30.1. The van der Waals surface area contributed by atoms with Crippen LogP contribution in [0.5, 0.6) is 0 Å². The number of hydrogen-bond donors (Lipinski definition) is 0. The quantitative estimate of drug-likeness (QED) is 0.206. The van der Waals surface area contributed by atoms with Gasteiger partial charge in [0.15, 0.2) is 0 Å². The van der Waals surface area contributed by atoms with E-state index < -0.39 is 10.0 Å². The topological polar surface area (TPSA) is 70.2 Å². The number of likely N-dealkylation sites (tertiary alicyclic amines) is 1. The van der Waals surface area contributed by atoms with Gasteiger partial charge in [-0.3, -0.25) is 0 Å². The first-order chi connectivity index (χ1) is 20.9. The van der Waals surface area contributed by atoms with E-state index in [1.807, 2.05) is 59.5 Å². The van der Waals surface area contributed by atoms with E-state index in [9.17, 15) is 13.2 Å². The Hall–Kier alpha value is -2.91. The summed E-state index contributed by atoms with van der Waals surface area (Å²) in [5.41, 5.74) is 2.16. The highest BCUT2D eigenvalue weighted by Crippen LogP contribution is 2.30. The van der Waals surface area contributed by atoms with Gasteiger partial charge in [-0.1, -0.05) is 85.3 Å². The van der Waals surface area contributed by atoms with Crippen LogP contribution in [0.4, 0.5) is 4.79 Å². The average Bonchev–Trinajstić information content (AvgIpc) is 3.03. The van der Waals surface area contributed by atoms with Gasteiger partial charge in [0.05, 0.1) is 4.90 Å². The fourth-order valence-electron chi connectivity index (χ4n) is 6.19. The van der Waals surface area contributed by atoms with Gasteiger partial charge in [0.25, 0.3) is 0 Å². The first-order valence-corrected chi connectivity index (χ1v) is 17.1. The SMILES string of the molecule is CN(C[C@H](CCN1CCC(N(CC2CCC2)C(=O)OCc2ccccc2)CC1)c1ccccc1)S(=O)(=O)c1ccccc1.Cl. The Balaban J connectivity index is 0.00000442. The van der Waals surface area contributed by atoms with Crippen LogP contribution in [-0.4, -0.2) is 74.4 Å². The first kappa shape index (κ1) is 34.0. The smallest absolute Gasteiger partial charge is 0.410 e. The molecule has 1 amide bonds. The van der Waals surface area contributed by atoms with E-state index in [-0.39, 0.29) is 30.5 Å². The molecule has 0 spiro atoms. The second-order valence-corrected chi connectivity index (χ2v) is 14.1. The maximum Gasteiger partial charge on any atom is 0.410 e. The Morgan fingerprint density at radius 2 is 1.48 bits per heavy atom. The van der Waals surface area contributed by atoms with Crippen molar-refractivity contribution in [3.05, 3.63) is 102 Å². The molecule has 1 aliphatic heterocycles. The Kier molecular flexibility index (Phi) is 12.7. The van der Waals surface area contributed by atoms with E-state index in [2.05, 4.69) is 17.0 Å². The molecule has 5 rings (SSSR count). The number of halogens is 1. The molecule has 1 aliphatic carbocycles. The fraction of sp³-hybridized carbons (Fsp3) is 0.457. The molecule has 238 valence electrons. The molecule has 2 aliphatic rings. The van der Waals surface area contributed by atoms with E-state index in [0.717, 1.165) is 56.6 Å². The van der Waals surface area contributed by atoms with Crippen LogP contribution in [0.1, 0.15) is 55.6 Å². The van der Waals surface area contributed by atoms with Gasteiger partial charge in [-0.2, -0.15) is 0 Å². The van der Waals surface area contributed by atoms with Gasteiger partial charge in [-0.15, -0.1) is 12.4 Å². The number of carbonyl (C=O) groups is 1. The van der Waals surface area contributed by atoms with Crippen molar-refractivity contribution in [2.45, 2.75) is 62.0 Å². The van der Waals surface area contributed by atoms with Gasteiger partial charge >= 0.3 is 6.09 Å². The van der Waals surface area contributed by atoms with Crippen LogP contribution in [0, 0.1) is 5.92 Å². The summed E-state index contributed by atoms with van der Waals surface area (Å²) in [5, 5.41) is 0. The van der Waals surface area contributed by atoms with Gasteiger partial charge < -0.3 is 14.5 Å². The molecule has 1 heterocycles. The molecule has 9 heteroatoms. The van der Waals surface area contributed by atoms with E-state index in [4.69, 9.17) is 4.74 Å². The molecular formula is C35H46ClN3O4S. The summed E-state index contributed by atoms with van der Waals surface area (Å²) in [6, 6.07) is 28.9. The molecule has 0 aromatic heterocycles. The highest BCUT2D eigenvalue weighted by molar-refractivity contribution is 7.89. The Morgan fingerprint density at radius 1 is 0.886 bits per heavy atom. The lowest BCUT2D eigenvalue weighted by atomic mass is 9.84. The molecule has 0 radical (unpaired) electrons. The van der Waals surface area contributed by atoms with Crippen molar-refractivity contribution < 1.29 is 17.9 Å². The predicted molar refractivity (Wildman–Crippen MR) is 177 cm³/mol. The summed E-state index contributed by atoms with van der Waals surface area (Å²) in [7, 11) is -1.89. The normalized spacial score (nSPS) is 17.0. The Labute approximate surface area is 269 Å². The summed E-state index contributed by atoms with van der Waals surface area (Å²) in [5.74, 6) is 0.656. The Bertz CT molecular complexity index is 1380. The second kappa shape index (κ2) is 16.4. The number of carbonyl (C=O) groups excluding carboxylic acids is 1. The van der Waals surface area contributed by atoms with Gasteiger partial charge in [0.1, 0.15) is 6.61 Å². The Morgan fingerprint density at radius 3 is 2.07 bits per heavy atom. The van der Waals surface area contributed by atoms with E-state index in [0.29, 0.717) is 24.0 Å². The minimum Gasteiger partial charge on any atom is -0.445 e. The van der Waals surface area contributed by atoms with Crippen molar-refractivity contribution in [2.24, 2.45) is 5.92 Å². The summed E-state index contributed by atoms with van der Waals surface area (Å²) >= 11 is 0. The maximum atomic E-state index is 13.3. The van der Waals surface area contributed by atoms with Gasteiger partial charge in [-0.25, -0.2) is 17.5 Å². The number of likely N-dealkylation sites (N-methyl/N-ethyl adjacent to an activating group) is 1. The van der Waals surface area contributed by atoms with Crippen molar-refractivity contribution in [3.8, 4) is 0 Å². The van der Waals surface area contributed by atoms with Crippen LogP contribution in [0.3, 0.4) is 0 Å². The lowest BCUT2D eigenvalue weighted by molar-refractivity contribution is 0.0456. The summed E-state index contributed by atoms with van der Waals surface area (Å²) < 4.78 is 33.8. The molecule has 2 fully saturated rings. The van der Waals surface area contributed by atoms with E-state index in [1.54, 1.807) is 31.3 Å². The molecule has 1 saturated heterocycles. The molecule has 0 unspecified atom stereocenters. The predicted octanol–water partition coefficient (Wildman–Crippen LogP) is 6.81.